The summed E-state index contributed by atoms with van der Waals surface area (Å²) in [6.07, 6.45) is 4.56. The van der Waals surface area contributed by atoms with E-state index < -0.39 is 11.9 Å². The van der Waals surface area contributed by atoms with E-state index in [1.807, 2.05) is 13.0 Å². The Bertz CT molecular complexity index is 578. The number of aryl methyl sites for hydroxylation is 2. The molecule has 0 bridgehead atoms. The molecule has 2 rings (SSSR count). The Morgan fingerprint density at radius 1 is 1.38 bits per heavy atom. The van der Waals surface area contributed by atoms with Crippen molar-refractivity contribution >= 4 is 11.7 Å². The minimum absolute atomic E-state index is 0.127. The van der Waals surface area contributed by atoms with Gasteiger partial charge in [-0.05, 0) is 32.8 Å². The van der Waals surface area contributed by atoms with Crippen LogP contribution < -0.4 is 5.32 Å². The van der Waals surface area contributed by atoms with E-state index in [1.165, 1.54) is 0 Å². The highest BCUT2D eigenvalue weighted by Gasteiger charge is 2.30. The summed E-state index contributed by atoms with van der Waals surface area (Å²) < 4.78 is 0. The van der Waals surface area contributed by atoms with Gasteiger partial charge < -0.3 is 10.4 Å². The zero-order valence-electron chi connectivity index (χ0n) is 12.5. The maximum atomic E-state index is 11.5. The summed E-state index contributed by atoms with van der Waals surface area (Å²) in [5, 5.41) is 22.0. The summed E-state index contributed by atoms with van der Waals surface area (Å²) in [6.45, 7) is 3.68. The number of anilines is 1. The molecule has 1 aromatic heterocycles. The second-order valence-corrected chi connectivity index (χ2v) is 5.72. The van der Waals surface area contributed by atoms with Crippen LogP contribution in [0.3, 0.4) is 0 Å². The van der Waals surface area contributed by atoms with Crippen LogP contribution in [0.15, 0.2) is 6.07 Å². The summed E-state index contributed by atoms with van der Waals surface area (Å²) >= 11 is 0. The molecule has 0 amide bonds. The van der Waals surface area contributed by atoms with Crippen LogP contribution in [0, 0.1) is 31.1 Å². The van der Waals surface area contributed by atoms with Crippen molar-refractivity contribution in [2.75, 3.05) is 5.32 Å². The molecule has 112 valence electrons. The first-order valence-electron chi connectivity index (χ1n) is 7.40. The van der Waals surface area contributed by atoms with Gasteiger partial charge in [-0.15, -0.1) is 0 Å². The first-order valence-corrected chi connectivity index (χ1v) is 7.40. The van der Waals surface area contributed by atoms with Crippen molar-refractivity contribution in [2.24, 2.45) is 5.92 Å². The third-order valence-corrected chi connectivity index (χ3v) is 4.11. The highest BCUT2D eigenvalue weighted by atomic mass is 16.4. The maximum Gasteiger partial charge on any atom is 0.308 e. The third-order valence-electron chi connectivity index (χ3n) is 4.11. The fourth-order valence-electron chi connectivity index (χ4n) is 3.06. The van der Waals surface area contributed by atoms with Gasteiger partial charge in [-0.25, -0.2) is 0 Å². The van der Waals surface area contributed by atoms with Gasteiger partial charge in [0.25, 0.3) is 0 Å². The van der Waals surface area contributed by atoms with Crippen molar-refractivity contribution in [2.45, 2.75) is 52.0 Å². The van der Waals surface area contributed by atoms with Gasteiger partial charge in [-0.1, -0.05) is 19.3 Å². The van der Waals surface area contributed by atoms with Gasteiger partial charge in [0.1, 0.15) is 6.07 Å². The summed E-state index contributed by atoms with van der Waals surface area (Å²) in [5.74, 6) is -1.15. The molecule has 1 aliphatic rings. The first-order chi connectivity index (χ1) is 10.0. The average molecular weight is 287 g/mol. The van der Waals surface area contributed by atoms with Crippen molar-refractivity contribution < 1.29 is 9.90 Å². The minimum Gasteiger partial charge on any atom is -0.481 e. The number of pyridine rings is 1. The summed E-state index contributed by atoms with van der Waals surface area (Å²) in [7, 11) is 0. The molecule has 5 nitrogen and oxygen atoms in total. The van der Waals surface area contributed by atoms with Crippen molar-refractivity contribution in [1.29, 1.82) is 5.26 Å². The molecule has 0 radical (unpaired) electrons. The molecule has 1 fully saturated rings. The zero-order valence-corrected chi connectivity index (χ0v) is 12.5. The molecule has 1 aromatic rings. The summed E-state index contributed by atoms with van der Waals surface area (Å²) in [4.78, 5) is 15.8. The molecule has 1 aliphatic carbocycles. The Morgan fingerprint density at radius 3 is 2.76 bits per heavy atom. The molecular weight excluding hydrogens is 266 g/mol. The third kappa shape index (κ3) is 3.52. The van der Waals surface area contributed by atoms with Crippen molar-refractivity contribution in [3.8, 4) is 6.07 Å². The molecule has 2 N–H and O–H groups in total. The number of nitrogens with one attached hydrogen (secondary N) is 1. The molecule has 1 heterocycles. The number of hydrogen-bond acceptors (Lipinski definition) is 4. The van der Waals surface area contributed by atoms with Gasteiger partial charge in [0.2, 0.25) is 0 Å². The number of carboxylic acid groups (broad SMARTS) is 1. The number of rotatable bonds is 3. The second kappa shape index (κ2) is 6.57. The van der Waals surface area contributed by atoms with Gasteiger partial charge in [0.15, 0.2) is 0 Å². The second-order valence-electron chi connectivity index (χ2n) is 5.72. The van der Waals surface area contributed by atoms with Crippen LogP contribution in [0.2, 0.25) is 0 Å². The normalized spacial score (nSPS) is 22.1. The van der Waals surface area contributed by atoms with E-state index in [0.717, 1.165) is 31.4 Å². The van der Waals surface area contributed by atoms with Gasteiger partial charge in [0, 0.05) is 11.7 Å². The summed E-state index contributed by atoms with van der Waals surface area (Å²) in [6, 6.07) is 3.87. The molecule has 1 saturated carbocycles. The number of hydrogen-bond donors (Lipinski definition) is 2. The van der Waals surface area contributed by atoms with E-state index >= 15 is 0 Å². The Labute approximate surface area is 125 Å². The van der Waals surface area contributed by atoms with E-state index in [9.17, 15) is 15.2 Å². The van der Waals surface area contributed by atoms with Gasteiger partial charge in [0.05, 0.1) is 22.9 Å². The fourth-order valence-corrected chi connectivity index (χ4v) is 3.06. The first kappa shape index (κ1) is 15.3. The molecular formula is C16H21N3O2. The van der Waals surface area contributed by atoms with Crippen LogP contribution in [0.1, 0.15) is 49.1 Å². The lowest BCUT2D eigenvalue weighted by Gasteiger charge is -2.25. The lowest BCUT2D eigenvalue weighted by molar-refractivity contribution is -0.142. The lowest BCUT2D eigenvalue weighted by atomic mass is 9.94. The number of carboxylic acids is 1. The summed E-state index contributed by atoms with van der Waals surface area (Å²) in [5.41, 5.74) is 2.73. The van der Waals surface area contributed by atoms with Crippen LogP contribution in [0.25, 0.3) is 0 Å². The number of aliphatic carboxylic acids is 1. The van der Waals surface area contributed by atoms with Crippen LogP contribution in [-0.4, -0.2) is 22.1 Å². The number of carbonyl (C=O) groups is 1. The fraction of sp³-hybridized carbons (Fsp3) is 0.562. The molecule has 0 saturated heterocycles. The number of nitriles is 1. The molecule has 5 heteroatoms. The van der Waals surface area contributed by atoms with Crippen LogP contribution >= 0.6 is 0 Å². The minimum atomic E-state index is -0.754. The quantitative estimate of drug-likeness (QED) is 0.834. The maximum absolute atomic E-state index is 11.5. The number of aromatic nitrogens is 1. The van der Waals surface area contributed by atoms with E-state index in [2.05, 4.69) is 16.4 Å². The topological polar surface area (TPSA) is 86.0 Å². The highest BCUT2D eigenvalue weighted by Crippen LogP contribution is 2.28. The Morgan fingerprint density at radius 2 is 2.10 bits per heavy atom. The molecule has 2 unspecified atom stereocenters. The zero-order chi connectivity index (χ0) is 15.4. The predicted molar refractivity (Wildman–Crippen MR) is 80.0 cm³/mol. The predicted octanol–water partition coefficient (Wildman–Crippen LogP) is 3.02. The lowest BCUT2D eigenvalue weighted by Crippen LogP contribution is -2.34. The van der Waals surface area contributed by atoms with Crippen LogP contribution in [0.4, 0.5) is 5.69 Å². The molecule has 0 aromatic carbocycles. The Hall–Kier alpha value is -2.09. The molecule has 2 atom stereocenters. The van der Waals surface area contributed by atoms with E-state index in [-0.39, 0.29) is 6.04 Å². The standard InChI is InChI=1S/C16H21N3O2/c1-10-8-15(13(9-17)11(2)18-10)19-14-7-5-3-4-6-12(14)16(20)21/h8,12,14H,3-7H2,1-2H3,(H,18,19)(H,20,21). The largest absolute Gasteiger partial charge is 0.481 e. The van der Waals surface area contributed by atoms with Crippen molar-refractivity contribution in [3.05, 3.63) is 23.0 Å². The highest BCUT2D eigenvalue weighted by molar-refractivity contribution is 5.72. The number of nitrogens with zero attached hydrogens (tertiary/aromatic N) is 2. The smallest absolute Gasteiger partial charge is 0.308 e. The van der Waals surface area contributed by atoms with Gasteiger partial charge in [-0.3, -0.25) is 9.78 Å². The van der Waals surface area contributed by atoms with Gasteiger partial charge >= 0.3 is 5.97 Å². The Balaban J connectivity index is 2.31. The van der Waals surface area contributed by atoms with Crippen molar-refractivity contribution in [1.82, 2.24) is 4.98 Å². The average Bonchev–Trinajstić information content (AvgIpc) is 2.63. The van der Waals surface area contributed by atoms with Crippen LogP contribution in [-0.2, 0) is 4.79 Å². The van der Waals surface area contributed by atoms with E-state index in [0.29, 0.717) is 23.4 Å². The molecule has 21 heavy (non-hydrogen) atoms. The van der Waals surface area contributed by atoms with Crippen LogP contribution in [0.5, 0.6) is 0 Å². The van der Waals surface area contributed by atoms with Gasteiger partial charge in [-0.2, -0.15) is 5.26 Å². The Kier molecular flexibility index (Phi) is 4.79. The molecule has 0 aliphatic heterocycles. The molecule has 0 spiro atoms. The van der Waals surface area contributed by atoms with E-state index in [4.69, 9.17) is 0 Å². The van der Waals surface area contributed by atoms with E-state index in [1.54, 1.807) is 6.92 Å². The monoisotopic (exact) mass is 287 g/mol. The SMILES string of the molecule is Cc1cc(NC2CCCCCC2C(=O)O)c(C#N)c(C)n1. The van der Waals surface area contributed by atoms with Crippen molar-refractivity contribution in [3.63, 3.8) is 0 Å².